The summed E-state index contributed by atoms with van der Waals surface area (Å²) in [4.78, 5) is 0. The quantitative estimate of drug-likeness (QED) is 0.744. The average Bonchev–Trinajstić information content (AvgIpc) is 2.82. The first-order valence-electron chi connectivity index (χ1n) is 6.66. The van der Waals surface area contributed by atoms with Crippen molar-refractivity contribution in [1.29, 1.82) is 0 Å². The van der Waals surface area contributed by atoms with E-state index >= 15 is 0 Å². The second-order valence-corrected chi connectivity index (χ2v) is 6.31. The van der Waals surface area contributed by atoms with Crippen LogP contribution in [-0.2, 0) is 4.74 Å². The lowest BCUT2D eigenvalue weighted by atomic mass is 9.57. The molecule has 0 spiro atoms. The molecule has 1 heterocycles. The number of hydrogen-bond acceptors (Lipinski definition) is 3. The Balaban J connectivity index is 1.66. The van der Waals surface area contributed by atoms with Crippen molar-refractivity contribution in [3.63, 3.8) is 0 Å². The summed E-state index contributed by atoms with van der Waals surface area (Å²) in [5.41, 5.74) is 0.240. The molecule has 2 aliphatic carbocycles. The fourth-order valence-electron chi connectivity index (χ4n) is 4.03. The van der Waals surface area contributed by atoms with Gasteiger partial charge >= 0.3 is 0 Å². The summed E-state index contributed by atoms with van der Waals surface area (Å²) in [5.74, 6) is 0.683. The van der Waals surface area contributed by atoms with Gasteiger partial charge in [-0.25, -0.2) is 0 Å². The molecule has 3 heteroatoms. The molecule has 0 aromatic heterocycles. The van der Waals surface area contributed by atoms with Crippen LogP contribution < -0.4 is 5.32 Å². The number of ether oxygens (including phenoxy) is 1. The van der Waals surface area contributed by atoms with E-state index in [1.165, 1.54) is 6.42 Å². The average molecular weight is 225 g/mol. The second-order valence-electron chi connectivity index (χ2n) is 6.31. The van der Waals surface area contributed by atoms with Crippen molar-refractivity contribution in [2.75, 3.05) is 6.61 Å². The van der Waals surface area contributed by atoms with Crippen molar-refractivity contribution in [1.82, 2.24) is 5.32 Å². The van der Waals surface area contributed by atoms with Gasteiger partial charge in [0.05, 0.1) is 12.2 Å². The topological polar surface area (TPSA) is 41.5 Å². The zero-order chi connectivity index (χ0) is 11.3. The molecular formula is C13H23NO2. The van der Waals surface area contributed by atoms with Gasteiger partial charge in [0.1, 0.15) is 0 Å². The van der Waals surface area contributed by atoms with E-state index in [1.807, 2.05) is 0 Å². The van der Waals surface area contributed by atoms with Crippen LogP contribution in [0.5, 0.6) is 0 Å². The number of aliphatic hydroxyl groups is 1. The smallest absolute Gasteiger partial charge is 0.0693 e. The van der Waals surface area contributed by atoms with Crippen molar-refractivity contribution in [3.05, 3.63) is 0 Å². The molecule has 0 aromatic carbocycles. The molecule has 0 bridgehead atoms. The highest BCUT2D eigenvalue weighted by Gasteiger charge is 2.59. The van der Waals surface area contributed by atoms with Crippen LogP contribution in [0.15, 0.2) is 0 Å². The first-order chi connectivity index (χ1) is 7.60. The fourth-order valence-corrected chi connectivity index (χ4v) is 4.03. The van der Waals surface area contributed by atoms with E-state index in [0.717, 1.165) is 25.9 Å². The molecule has 5 atom stereocenters. The minimum Gasteiger partial charge on any atom is -0.392 e. The number of aliphatic hydroxyl groups excluding tert-OH is 1. The zero-order valence-electron chi connectivity index (χ0n) is 10.3. The van der Waals surface area contributed by atoms with Crippen LogP contribution in [0.25, 0.3) is 0 Å². The number of nitrogens with one attached hydrogen (secondary N) is 1. The Labute approximate surface area is 97.6 Å². The van der Waals surface area contributed by atoms with Gasteiger partial charge in [-0.1, -0.05) is 13.8 Å². The summed E-state index contributed by atoms with van der Waals surface area (Å²) in [7, 11) is 0. The van der Waals surface area contributed by atoms with Gasteiger partial charge in [0.15, 0.2) is 0 Å². The molecule has 2 N–H and O–H groups in total. The minimum atomic E-state index is -0.128. The summed E-state index contributed by atoms with van der Waals surface area (Å²) in [6.45, 7) is 5.50. The maximum Gasteiger partial charge on any atom is 0.0693 e. The van der Waals surface area contributed by atoms with Crippen LogP contribution in [-0.4, -0.2) is 36.0 Å². The molecule has 3 aliphatic rings. The van der Waals surface area contributed by atoms with Gasteiger partial charge in [0.2, 0.25) is 0 Å². The lowest BCUT2D eigenvalue weighted by Crippen LogP contribution is -2.68. The van der Waals surface area contributed by atoms with Crippen LogP contribution >= 0.6 is 0 Å². The Hall–Kier alpha value is -0.120. The zero-order valence-corrected chi connectivity index (χ0v) is 10.3. The standard InChI is InChI=1S/C13H23NO2/c1-13(2)11(8-6-7-16-12(8)13)14-9-4-3-5-10(9)15/h8-12,14-15H,3-7H2,1-2H3. The molecule has 0 amide bonds. The third-order valence-corrected chi connectivity index (χ3v) is 4.97. The maximum absolute atomic E-state index is 9.87. The van der Waals surface area contributed by atoms with Crippen molar-refractivity contribution >= 4 is 0 Å². The summed E-state index contributed by atoms with van der Waals surface area (Å²) >= 11 is 0. The third kappa shape index (κ3) is 1.45. The molecule has 3 fully saturated rings. The van der Waals surface area contributed by atoms with Gasteiger partial charge in [-0.05, 0) is 25.7 Å². The highest BCUT2D eigenvalue weighted by molar-refractivity contribution is 5.12. The van der Waals surface area contributed by atoms with Crippen molar-refractivity contribution < 1.29 is 9.84 Å². The highest BCUT2D eigenvalue weighted by Crippen LogP contribution is 2.52. The van der Waals surface area contributed by atoms with E-state index in [1.54, 1.807) is 0 Å². The first-order valence-corrected chi connectivity index (χ1v) is 6.66. The highest BCUT2D eigenvalue weighted by atomic mass is 16.5. The Kier molecular flexibility index (Phi) is 2.54. The Morgan fingerprint density at radius 1 is 1.25 bits per heavy atom. The summed E-state index contributed by atoms with van der Waals surface area (Å²) in [6, 6.07) is 0.864. The van der Waals surface area contributed by atoms with E-state index in [9.17, 15) is 5.11 Å². The van der Waals surface area contributed by atoms with E-state index in [0.29, 0.717) is 24.1 Å². The van der Waals surface area contributed by atoms with Crippen molar-refractivity contribution in [3.8, 4) is 0 Å². The molecular weight excluding hydrogens is 202 g/mol. The van der Waals surface area contributed by atoms with Crippen LogP contribution in [0.1, 0.15) is 39.5 Å². The summed E-state index contributed by atoms with van der Waals surface area (Å²) < 4.78 is 5.79. The maximum atomic E-state index is 9.87. The van der Waals surface area contributed by atoms with Crippen LogP contribution in [0.2, 0.25) is 0 Å². The van der Waals surface area contributed by atoms with E-state index in [2.05, 4.69) is 19.2 Å². The van der Waals surface area contributed by atoms with Gasteiger partial charge in [-0.3, -0.25) is 0 Å². The summed E-state index contributed by atoms with van der Waals surface area (Å²) in [5, 5.41) is 13.6. The van der Waals surface area contributed by atoms with Gasteiger partial charge in [0, 0.05) is 30.0 Å². The Morgan fingerprint density at radius 3 is 2.75 bits per heavy atom. The predicted molar refractivity (Wildman–Crippen MR) is 62.2 cm³/mol. The van der Waals surface area contributed by atoms with E-state index in [4.69, 9.17) is 4.74 Å². The van der Waals surface area contributed by atoms with Crippen LogP contribution in [0.4, 0.5) is 0 Å². The molecule has 0 radical (unpaired) electrons. The molecule has 2 saturated carbocycles. The van der Waals surface area contributed by atoms with Gasteiger partial charge in [0.25, 0.3) is 0 Å². The van der Waals surface area contributed by atoms with E-state index in [-0.39, 0.29) is 11.5 Å². The first kappa shape index (κ1) is 11.0. The largest absolute Gasteiger partial charge is 0.392 e. The number of fused-ring (bicyclic) bond motifs is 1. The normalized spacial score (nSPS) is 50.1. The van der Waals surface area contributed by atoms with E-state index < -0.39 is 0 Å². The number of rotatable bonds is 2. The monoisotopic (exact) mass is 225 g/mol. The molecule has 16 heavy (non-hydrogen) atoms. The lowest BCUT2D eigenvalue weighted by Gasteiger charge is -2.55. The van der Waals surface area contributed by atoms with Crippen LogP contribution in [0, 0.1) is 11.3 Å². The SMILES string of the molecule is CC1(C)C(NC2CCCC2O)C2CCOC21. The van der Waals surface area contributed by atoms with Crippen LogP contribution in [0.3, 0.4) is 0 Å². The molecule has 5 unspecified atom stereocenters. The Morgan fingerprint density at radius 2 is 2.06 bits per heavy atom. The molecule has 1 saturated heterocycles. The second kappa shape index (κ2) is 3.69. The predicted octanol–water partition coefficient (Wildman–Crippen LogP) is 1.30. The molecule has 3 rings (SSSR count). The Bertz CT molecular complexity index is 279. The molecule has 92 valence electrons. The summed E-state index contributed by atoms with van der Waals surface area (Å²) in [6.07, 6.45) is 4.77. The van der Waals surface area contributed by atoms with Gasteiger partial charge in [-0.2, -0.15) is 0 Å². The lowest BCUT2D eigenvalue weighted by molar-refractivity contribution is -0.117. The molecule has 1 aliphatic heterocycles. The third-order valence-electron chi connectivity index (χ3n) is 4.97. The number of hydrogen-bond donors (Lipinski definition) is 2. The van der Waals surface area contributed by atoms with Crippen molar-refractivity contribution in [2.45, 2.75) is 63.8 Å². The molecule has 0 aromatic rings. The van der Waals surface area contributed by atoms with Gasteiger partial charge in [-0.15, -0.1) is 0 Å². The molecule has 3 nitrogen and oxygen atoms in total. The minimum absolute atomic E-state index is 0.128. The van der Waals surface area contributed by atoms with Crippen molar-refractivity contribution in [2.24, 2.45) is 11.3 Å². The van der Waals surface area contributed by atoms with Gasteiger partial charge < -0.3 is 15.2 Å². The fraction of sp³-hybridized carbons (Fsp3) is 1.00.